The molecule has 0 unspecified atom stereocenters. The average Bonchev–Trinajstić information content (AvgIpc) is 2.48. The van der Waals surface area contributed by atoms with Crippen molar-refractivity contribution < 1.29 is 4.79 Å². The van der Waals surface area contributed by atoms with E-state index in [9.17, 15) is 4.79 Å². The quantitative estimate of drug-likeness (QED) is 0.567. The van der Waals surface area contributed by atoms with Crippen molar-refractivity contribution in [1.82, 2.24) is 20.4 Å². The molecule has 0 aliphatic carbocycles. The molecule has 1 saturated heterocycles. The minimum Gasteiger partial charge on any atom is -0.383 e. The monoisotopic (exact) mass is 195 g/mol. The normalized spacial score (nSPS) is 17.8. The zero-order valence-electron chi connectivity index (χ0n) is 7.95. The van der Waals surface area contributed by atoms with Crippen LogP contribution in [0, 0.1) is 0 Å². The van der Waals surface area contributed by atoms with E-state index in [-0.39, 0.29) is 11.9 Å². The van der Waals surface area contributed by atoms with Crippen molar-refractivity contribution >= 4 is 11.7 Å². The van der Waals surface area contributed by atoms with Crippen LogP contribution in [0.2, 0.25) is 0 Å². The molecular weight excluding hydrogens is 182 g/mol. The predicted molar refractivity (Wildman–Crippen MR) is 51.8 cm³/mol. The topological polar surface area (TPSA) is 87.0 Å². The van der Waals surface area contributed by atoms with Gasteiger partial charge in [0.1, 0.15) is 11.4 Å². The van der Waals surface area contributed by atoms with Gasteiger partial charge in [0.15, 0.2) is 0 Å². The third-order valence-electron chi connectivity index (χ3n) is 2.31. The van der Waals surface area contributed by atoms with Crippen LogP contribution in [0.3, 0.4) is 0 Å². The minimum atomic E-state index is -0.158. The summed E-state index contributed by atoms with van der Waals surface area (Å²) in [5.74, 6) is 0.157. The predicted octanol–water partition coefficient (Wildman–Crippen LogP) is -0.964. The van der Waals surface area contributed by atoms with Gasteiger partial charge in [-0.25, -0.2) is 0 Å². The number of carbonyl (C=O) groups excluding carboxylic acids is 1. The Bertz CT molecular complexity index is 341. The standard InChI is InChI=1S/C8H13N5O/c1-13-3-5(4-13)11-8(14)6-2-10-12-7(6)9/h2,5H,3-4H2,1H3,(H,11,14)(H3,9,10,12). The first-order valence-electron chi connectivity index (χ1n) is 4.45. The van der Waals surface area contributed by atoms with Gasteiger partial charge in [-0.05, 0) is 7.05 Å². The molecule has 76 valence electrons. The molecule has 0 aromatic carbocycles. The summed E-state index contributed by atoms with van der Waals surface area (Å²) in [6.45, 7) is 1.78. The molecule has 2 heterocycles. The summed E-state index contributed by atoms with van der Waals surface area (Å²) in [5, 5.41) is 9.08. The maximum atomic E-state index is 11.6. The van der Waals surface area contributed by atoms with Crippen molar-refractivity contribution in [3.8, 4) is 0 Å². The summed E-state index contributed by atoms with van der Waals surface area (Å²) in [6, 6.07) is 0.238. The van der Waals surface area contributed by atoms with E-state index in [2.05, 4.69) is 20.4 Å². The molecule has 4 N–H and O–H groups in total. The van der Waals surface area contributed by atoms with E-state index in [0.29, 0.717) is 11.4 Å². The van der Waals surface area contributed by atoms with Crippen molar-refractivity contribution in [1.29, 1.82) is 0 Å². The van der Waals surface area contributed by atoms with E-state index < -0.39 is 0 Å². The number of anilines is 1. The molecule has 6 heteroatoms. The highest BCUT2D eigenvalue weighted by atomic mass is 16.1. The zero-order valence-corrected chi connectivity index (χ0v) is 7.95. The van der Waals surface area contributed by atoms with Gasteiger partial charge in [-0.3, -0.25) is 9.89 Å². The maximum Gasteiger partial charge on any atom is 0.256 e. The highest BCUT2D eigenvalue weighted by Gasteiger charge is 2.25. The van der Waals surface area contributed by atoms with Gasteiger partial charge in [-0.2, -0.15) is 5.10 Å². The van der Waals surface area contributed by atoms with Crippen molar-refractivity contribution in [2.75, 3.05) is 25.9 Å². The summed E-state index contributed by atoms with van der Waals surface area (Å²) in [5.41, 5.74) is 5.93. The van der Waals surface area contributed by atoms with Crippen molar-refractivity contribution in [3.05, 3.63) is 11.8 Å². The van der Waals surface area contributed by atoms with Crippen LogP contribution >= 0.6 is 0 Å². The molecule has 0 bridgehead atoms. The van der Waals surface area contributed by atoms with Gasteiger partial charge in [-0.1, -0.05) is 0 Å². The van der Waals surface area contributed by atoms with Crippen LogP contribution < -0.4 is 11.1 Å². The van der Waals surface area contributed by atoms with Gasteiger partial charge in [0.25, 0.3) is 5.91 Å². The second kappa shape index (κ2) is 3.30. The largest absolute Gasteiger partial charge is 0.383 e. The third-order valence-corrected chi connectivity index (χ3v) is 2.31. The number of rotatable bonds is 2. The smallest absolute Gasteiger partial charge is 0.256 e. The number of amides is 1. The number of nitrogens with zero attached hydrogens (tertiary/aromatic N) is 2. The van der Waals surface area contributed by atoms with Crippen LogP contribution in [0.1, 0.15) is 10.4 Å². The van der Waals surface area contributed by atoms with Crippen LogP contribution in [-0.4, -0.2) is 47.2 Å². The summed E-state index contributed by atoms with van der Waals surface area (Å²) in [6.07, 6.45) is 1.44. The van der Waals surface area contributed by atoms with Gasteiger partial charge in [0, 0.05) is 13.1 Å². The van der Waals surface area contributed by atoms with Crippen molar-refractivity contribution in [2.45, 2.75) is 6.04 Å². The summed E-state index contributed by atoms with van der Waals surface area (Å²) < 4.78 is 0. The second-order valence-corrected chi connectivity index (χ2v) is 3.59. The second-order valence-electron chi connectivity index (χ2n) is 3.59. The van der Waals surface area contributed by atoms with Gasteiger partial charge in [0.05, 0.1) is 12.2 Å². The Morgan fingerprint density at radius 2 is 2.50 bits per heavy atom. The lowest BCUT2D eigenvalue weighted by Gasteiger charge is -2.36. The number of hydrogen-bond donors (Lipinski definition) is 3. The lowest BCUT2D eigenvalue weighted by Crippen LogP contribution is -2.57. The number of aromatic amines is 1. The molecule has 1 aromatic rings. The molecule has 0 atom stereocenters. The molecule has 0 radical (unpaired) electrons. The number of hydrogen-bond acceptors (Lipinski definition) is 4. The van der Waals surface area contributed by atoms with Gasteiger partial charge >= 0.3 is 0 Å². The van der Waals surface area contributed by atoms with Crippen molar-refractivity contribution in [3.63, 3.8) is 0 Å². The van der Waals surface area contributed by atoms with E-state index in [1.807, 2.05) is 7.05 Å². The van der Waals surface area contributed by atoms with E-state index in [0.717, 1.165) is 13.1 Å². The number of likely N-dealkylation sites (N-methyl/N-ethyl adjacent to an activating group) is 1. The SMILES string of the molecule is CN1CC(NC(=O)c2cn[nH]c2N)C1. The van der Waals surface area contributed by atoms with E-state index in [1.165, 1.54) is 6.20 Å². The fourth-order valence-corrected chi connectivity index (χ4v) is 1.53. The molecule has 1 aliphatic rings. The Kier molecular flexibility index (Phi) is 2.12. The fourth-order valence-electron chi connectivity index (χ4n) is 1.53. The van der Waals surface area contributed by atoms with Crippen LogP contribution in [0.15, 0.2) is 6.20 Å². The Hall–Kier alpha value is -1.56. The highest BCUT2D eigenvalue weighted by Crippen LogP contribution is 2.08. The van der Waals surface area contributed by atoms with Gasteiger partial charge in [0.2, 0.25) is 0 Å². The highest BCUT2D eigenvalue weighted by molar-refractivity contribution is 5.98. The molecule has 1 fully saturated rings. The molecule has 1 aromatic heterocycles. The molecule has 1 aliphatic heterocycles. The molecular formula is C8H13N5O. The summed E-state index contributed by atoms with van der Waals surface area (Å²) in [7, 11) is 2.01. The Morgan fingerprint density at radius 3 is 3.00 bits per heavy atom. The number of likely N-dealkylation sites (tertiary alicyclic amines) is 1. The lowest BCUT2D eigenvalue weighted by molar-refractivity contribution is 0.0858. The van der Waals surface area contributed by atoms with Crippen LogP contribution in [0.5, 0.6) is 0 Å². The Labute approximate surface area is 81.5 Å². The lowest BCUT2D eigenvalue weighted by atomic mass is 10.1. The van der Waals surface area contributed by atoms with Crippen LogP contribution in [0.4, 0.5) is 5.82 Å². The minimum absolute atomic E-state index is 0.158. The number of carbonyl (C=O) groups is 1. The zero-order chi connectivity index (χ0) is 10.1. The maximum absolute atomic E-state index is 11.6. The van der Waals surface area contributed by atoms with Gasteiger partial charge in [-0.15, -0.1) is 0 Å². The molecule has 1 amide bonds. The first-order valence-corrected chi connectivity index (χ1v) is 4.45. The van der Waals surface area contributed by atoms with Crippen LogP contribution in [0.25, 0.3) is 0 Å². The Balaban J connectivity index is 1.93. The van der Waals surface area contributed by atoms with Crippen LogP contribution in [-0.2, 0) is 0 Å². The number of nitrogens with two attached hydrogens (primary N) is 1. The fraction of sp³-hybridized carbons (Fsp3) is 0.500. The number of H-pyrrole nitrogens is 1. The van der Waals surface area contributed by atoms with E-state index >= 15 is 0 Å². The molecule has 6 nitrogen and oxygen atoms in total. The van der Waals surface area contributed by atoms with Crippen molar-refractivity contribution in [2.24, 2.45) is 0 Å². The number of aromatic nitrogens is 2. The molecule has 0 saturated carbocycles. The summed E-state index contributed by atoms with van der Waals surface area (Å²) >= 11 is 0. The first kappa shape index (κ1) is 9.01. The first-order chi connectivity index (χ1) is 6.66. The molecule has 14 heavy (non-hydrogen) atoms. The van der Waals surface area contributed by atoms with E-state index in [1.54, 1.807) is 0 Å². The van der Waals surface area contributed by atoms with Gasteiger partial charge < -0.3 is 16.0 Å². The number of nitrogen functional groups attached to an aromatic ring is 1. The summed E-state index contributed by atoms with van der Waals surface area (Å²) in [4.78, 5) is 13.7. The number of nitrogens with one attached hydrogen (secondary N) is 2. The Morgan fingerprint density at radius 1 is 1.79 bits per heavy atom. The van der Waals surface area contributed by atoms with E-state index in [4.69, 9.17) is 5.73 Å². The average molecular weight is 195 g/mol. The molecule has 2 rings (SSSR count). The molecule has 0 spiro atoms. The third kappa shape index (κ3) is 1.56.